The number of aryl methyl sites for hydroxylation is 1. The van der Waals surface area contributed by atoms with Gasteiger partial charge in [0.25, 0.3) is 0 Å². The van der Waals surface area contributed by atoms with E-state index >= 15 is 0 Å². The summed E-state index contributed by atoms with van der Waals surface area (Å²) in [7, 11) is 0. The summed E-state index contributed by atoms with van der Waals surface area (Å²) in [6.07, 6.45) is 1.25. The third-order valence-corrected chi connectivity index (χ3v) is 3.88. The van der Waals surface area contributed by atoms with Gasteiger partial charge in [-0.15, -0.1) is 0 Å². The molecule has 0 aliphatic rings. The molecule has 3 aromatic rings. The molecule has 1 N–H and O–H groups in total. The summed E-state index contributed by atoms with van der Waals surface area (Å²) in [5.41, 5.74) is 1.06. The molecular weight excluding hydrogens is 330 g/mol. The molecule has 0 saturated heterocycles. The van der Waals surface area contributed by atoms with E-state index < -0.39 is 5.78 Å². The molecule has 0 fully saturated rings. The average Bonchev–Trinajstić information content (AvgIpc) is 2.63. The third-order valence-electron chi connectivity index (χ3n) is 3.88. The van der Waals surface area contributed by atoms with Crippen LogP contribution in [0, 0.1) is 6.92 Å². The van der Waals surface area contributed by atoms with E-state index in [4.69, 9.17) is 4.74 Å². The second-order valence-corrected chi connectivity index (χ2v) is 5.75. The van der Waals surface area contributed by atoms with Gasteiger partial charge in [0.05, 0.1) is 12.0 Å². The summed E-state index contributed by atoms with van der Waals surface area (Å²) in [5, 5.41) is 10.2. The normalized spacial score (nSPS) is 10.3. The van der Waals surface area contributed by atoms with Crippen LogP contribution in [0.3, 0.4) is 0 Å². The second-order valence-electron chi connectivity index (χ2n) is 5.75. The van der Waals surface area contributed by atoms with E-state index in [1.807, 2.05) is 18.2 Å². The van der Waals surface area contributed by atoms with Gasteiger partial charge in [0.2, 0.25) is 0 Å². The SMILES string of the molecule is Cc1ncccc1C(=O)CC(=O)c1ccc(Oc2ccccc2)cc1O. The van der Waals surface area contributed by atoms with E-state index in [1.54, 1.807) is 43.5 Å². The van der Waals surface area contributed by atoms with Gasteiger partial charge in [-0.3, -0.25) is 14.6 Å². The topological polar surface area (TPSA) is 76.5 Å². The molecule has 0 unspecified atom stereocenters. The first kappa shape index (κ1) is 17.4. The molecule has 0 saturated carbocycles. The van der Waals surface area contributed by atoms with Crippen molar-refractivity contribution < 1.29 is 19.4 Å². The first-order chi connectivity index (χ1) is 12.5. The van der Waals surface area contributed by atoms with E-state index in [9.17, 15) is 14.7 Å². The number of phenols is 1. The van der Waals surface area contributed by atoms with Gasteiger partial charge < -0.3 is 9.84 Å². The molecule has 0 aliphatic heterocycles. The first-order valence-electron chi connectivity index (χ1n) is 8.08. The Morgan fingerprint density at radius 1 is 0.923 bits per heavy atom. The lowest BCUT2D eigenvalue weighted by Crippen LogP contribution is -2.10. The lowest BCUT2D eigenvalue weighted by Gasteiger charge is -2.09. The maximum Gasteiger partial charge on any atom is 0.174 e. The maximum absolute atomic E-state index is 12.4. The number of hydrogen-bond acceptors (Lipinski definition) is 5. The molecular formula is C21H17NO4. The van der Waals surface area contributed by atoms with Crippen LogP contribution >= 0.6 is 0 Å². The Kier molecular flexibility index (Phi) is 5.08. The number of benzene rings is 2. The molecule has 0 atom stereocenters. The molecule has 1 aromatic heterocycles. The van der Waals surface area contributed by atoms with Crippen molar-refractivity contribution in [2.45, 2.75) is 13.3 Å². The smallest absolute Gasteiger partial charge is 0.174 e. The van der Waals surface area contributed by atoms with Gasteiger partial charge in [0.1, 0.15) is 17.2 Å². The van der Waals surface area contributed by atoms with Crippen molar-refractivity contribution >= 4 is 11.6 Å². The largest absolute Gasteiger partial charge is 0.507 e. The van der Waals surface area contributed by atoms with Crippen LogP contribution in [0.2, 0.25) is 0 Å². The number of ketones is 2. The van der Waals surface area contributed by atoms with Crippen molar-refractivity contribution in [3.8, 4) is 17.2 Å². The molecule has 5 heteroatoms. The lowest BCUT2D eigenvalue weighted by molar-refractivity contribution is 0.0892. The number of carbonyl (C=O) groups excluding carboxylic acids is 2. The van der Waals surface area contributed by atoms with Crippen LogP contribution in [0.5, 0.6) is 17.2 Å². The minimum atomic E-state index is -0.456. The summed E-state index contributed by atoms with van der Waals surface area (Å²) in [6.45, 7) is 1.71. The number of pyridine rings is 1. The van der Waals surface area contributed by atoms with Gasteiger partial charge in [-0.25, -0.2) is 0 Å². The van der Waals surface area contributed by atoms with E-state index in [-0.39, 0.29) is 23.5 Å². The van der Waals surface area contributed by atoms with Crippen LogP contribution in [0.4, 0.5) is 0 Å². The van der Waals surface area contributed by atoms with Crippen molar-refractivity contribution in [2.24, 2.45) is 0 Å². The zero-order valence-electron chi connectivity index (χ0n) is 14.2. The Morgan fingerprint density at radius 2 is 1.65 bits per heavy atom. The molecule has 26 heavy (non-hydrogen) atoms. The molecule has 1 heterocycles. The number of rotatable bonds is 6. The van der Waals surface area contributed by atoms with E-state index in [2.05, 4.69) is 4.98 Å². The number of Topliss-reactive ketones (excluding diaryl/α,β-unsaturated/α-hetero) is 2. The predicted molar refractivity (Wildman–Crippen MR) is 96.9 cm³/mol. The minimum Gasteiger partial charge on any atom is -0.507 e. The number of phenolic OH excluding ortho intramolecular Hbond substituents is 1. The third kappa shape index (κ3) is 3.95. The molecule has 0 spiro atoms. The standard InChI is InChI=1S/C21H17NO4/c1-14-17(8-5-11-22-14)20(24)13-21(25)18-10-9-16(12-19(18)23)26-15-6-3-2-4-7-15/h2-12,23H,13H2,1H3. The highest BCUT2D eigenvalue weighted by Crippen LogP contribution is 2.28. The van der Waals surface area contributed by atoms with Gasteiger partial charge in [0.15, 0.2) is 11.6 Å². The van der Waals surface area contributed by atoms with Crippen molar-refractivity contribution in [2.75, 3.05) is 0 Å². The van der Waals surface area contributed by atoms with Crippen molar-refractivity contribution in [3.05, 3.63) is 83.7 Å². The van der Waals surface area contributed by atoms with Crippen LogP contribution < -0.4 is 4.74 Å². The Hall–Kier alpha value is -3.47. The van der Waals surface area contributed by atoms with Crippen LogP contribution in [0.1, 0.15) is 32.8 Å². The second kappa shape index (κ2) is 7.61. The van der Waals surface area contributed by atoms with Crippen molar-refractivity contribution in [1.29, 1.82) is 0 Å². The number of aromatic hydroxyl groups is 1. The van der Waals surface area contributed by atoms with Gasteiger partial charge in [-0.05, 0) is 43.3 Å². The fourth-order valence-electron chi connectivity index (χ4n) is 2.55. The highest BCUT2D eigenvalue weighted by Gasteiger charge is 2.18. The van der Waals surface area contributed by atoms with Crippen LogP contribution in [-0.4, -0.2) is 21.7 Å². The first-order valence-corrected chi connectivity index (χ1v) is 8.08. The zero-order chi connectivity index (χ0) is 18.5. The van der Waals surface area contributed by atoms with Crippen LogP contribution in [-0.2, 0) is 0 Å². The highest BCUT2D eigenvalue weighted by molar-refractivity contribution is 6.14. The van der Waals surface area contributed by atoms with Crippen LogP contribution in [0.15, 0.2) is 66.9 Å². The van der Waals surface area contributed by atoms with Gasteiger partial charge in [-0.1, -0.05) is 18.2 Å². The Morgan fingerprint density at radius 3 is 2.35 bits per heavy atom. The number of para-hydroxylation sites is 1. The summed E-state index contributed by atoms with van der Waals surface area (Å²) in [5.74, 6) is 0.0126. The van der Waals surface area contributed by atoms with Gasteiger partial charge >= 0.3 is 0 Å². The number of aromatic nitrogens is 1. The van der Waals surface area contributed by atoms with E-state index in [0.29, 0.717) is 22.8 Å². The summed E-state index contributed by atoms with van der Waals surface area (Å²) in [4.78, 5) is 28.7. The molecule has 0 amide bonds. The summed E-state index contributed by atoms with van der Waals surface area (Å²) >= 11 is 0. The fraction of sp³-hybridized carbons (Fsp3) is 0.0952. The fourth-order valence-corrected chi connectivity index (χ4v) is 2.55. The zero-order valence-corrected chi connectivity index (χ0v) is 14.2. The van der Waals surface area contributed by atoms with Gasteiger partial charge in [0, 0.05) is 23.5 Å². The summed E-state index contributed by atoms with van der Waals surface area (Å²) in [6, 6.07) is 16.8. The quantitative estimate of drug-likeness (QED) is 0.530. The highest BCUT2D eigenvalue weighted by atomic mass is 16.5. The monoisotopic (exact) mass is 347 g/mol. The maximum atomic E-state index is 12.4. The predicted octanol–water partition coefficient (Wildman–Crippen LogP) is 4.34. The Bertz CT molecular complexity index is 951. The molecule has 5 nitrogen and oxygen atoms in total. The molecule has 0 aliphatic carbocycles. The number of hydrogen-bond donors (Lipinski definition) is 1. The molecule has 0 bridgehead atoms. The molecule has 130 valence electrons. The van der Waals surface area contributed by atoms with Crippen molar-refractivity contribution in [3.63, 3.8) is 0 Å². The Balaban J connectivity index is 1.74. The average molecular weight is 347 g/mol. The number of carbonyl (C=O) groups is 2. The molecule has 0 radical (unpaired) electrons. The van der Waals surface area contributed by atoms with Crippen molar-refractivity contribution in [1.82, 2.24) is 4.98 Å². The summed E-state index contributed by atoms with van der Waals surface area (Å²) < 4.78 is 5.61. The van der Waals surface area contributed by atoms with Crippen LogP contribution in [0.25, 0.3) is 0 Å². The molecule has 2 aromatic carbocycles. The molecule has 3 rings (SSSR count). The number of nitrogens with zero attached hydrogens (tertiary/aromatic N) is 1. The minimum absolute atomic E-state index is 0.0836. The number of ether oxygens (including phenoxy) is 1. The van der Waals surface area contributed by atoms with Gasteiger partial charge in [-0.2, -0.15) is 0 Å². The Labute approximate surface area is 150 Å². The lowest BCUT2D eigenvalue weighted by atomic mass is 10.00. The van der Waals surface area contributed by atoms with E-state index in [1.165, 1.54) is 12.1 Å². The van der Waals surface area contributed by atoms with E-state index in [0.717, 1.165) is 0 Å².